The van der Waals surface area contributed by atoms with Gasteiger partial charge in [-0.25, -0.2) is 19.0 Å². The van der Waals surface area contributed by atoms with Crippen LogP contribution in [0.15, 0.2) is 24.3 Å². The van der Waals surface area contributed by atoms with E-state index in [0.717, 1.165) is 31.5 Å². The second-order valence-electron chi connectivity index (χ2n) is 10.1. The topological polar surface area (TPSA) is 108 Å². The first kappa shape index (κ1) is 29.1. The Labute approximate surface area is 234 Å². The van der Waals surface area contributed by atoms with Gasteiger partial charge in [-0.05, 0) is 57.0 Å². The van der Waals surface area contributed by atoms with Crippen LogP contribution in [0.1, 0.15) is 46.9 Å². The van der Waals surface area contributed by atoms with Gasteiger partial charge in [0, 0.05) is 45.2 Å². The Morgan fingerprint density at radius 3 is 2.60 bits per heavy atom. The molecule has 0 N–H and O–H groups in total. The van der Waals surface area contributed by atoms with E-state index in [0.29, 0.717) is 56.4 Å². The molecule has 4 rings (SSSR count). The number of carbonyl (C=O) groups is 2. The largest absolute Gasteiger partial charge is 0.494 e. The molecule has 2 saturated heterocycles. The highest BCUT2D eigenvalue weighted by Crippen LogP contribution is 2.25. The molecular formula is C29H36FN5O5. The lowest BCUT2D eigenvalue weighted by atomic mass is 9.98. The number of nitrogens with zero attached hydrogens (tertiary/aromatic N) is 5. The Kier molecular flexibility index (Phi) is 9.77. The van der Waals surface area contributed by atoms with Gasteiger partial charge in [-0.1, -0.05) is 6.07 Å². The summed E-state index contributed by atoms with van der Waals surface area (Å²) in [4.78, 5) is 35.8. The van der Waals surface area contributed by atoms with Crippen LogP contribution in [0.2, 0.25) is 0 Å². The Morgan fingerprint density at radius 2 is 1.93 bits per heavy atom. The standard InChI is InChI=1S/C29H36FN5O5/c1-4-39-28(36)24-15-23(16-31)20(2)32-27(24)34-10-12-35(13-11-34)29(37)40-19-22-6-5-9-33(18-22)17-21-7-8-26(38-3)25(30)14-21/h7-8,14-15,22H,4-6,9-13,17-19H2,1-3H3. The number of pyridine rings is 1. The Morgan fingerprint density at radius 1 is 1.15 bits per heavy atom. The SMILES string of the molecule is CCOC(=O)c1cc(C#N)c(C)nc1N1CCN(C(=O)OCC2CCCN(Cc3ccc(OC)c(F)c3)C2)CC1. The van der Waals surface area contributed by atoms with Gasteiger partial charge >= 0.3 is 12.1 Å². The van der Waals surface area contributed by atoms with Gasteiger partial charge in [0.2, 0.25) is 0 Å². The van der Waals surface area contributed by atoms with Crippen molar-refractivity contribution in [3.63, 3.8) is 0 Å². The number of rotatable bonds is 8. The smallest absolute Gasteiger partial charge is 0.409 e. The molecule has 1 atom stereocenters. The van der Waals surface area contributed by atoms with E-state index >= 15 is 0 Å². The van der Waals surface area contributed by atoms with Gasteiger partial charge in [-0.3, -0.25) is 4.90 Å². The van der Waals surface area contributed by atoms with Crippen molar-refractivity contribution < 1.29 is 28.2 Å². The molecule has 214 valence electrons. The highest BCUT2D eigenvalue weighted by atomic mass is 19.1. The number of amides is 1. The van der Waals surface area contributed by atoms with Crippen molar-refractivity contribution in [2.75, 3.05) is 64.5 Å². The van der Waals surface area contributed by atoms with Crippen molar-refractivity contribution in [1.82, 2.24) is 14.8 Å². The van der Waals surface area contributed by atoms with Crippen LogP contribution in [0, 0.1) is 30.0 Å². The summed E-state index contributed by atoms with van der Waals surface area (Å²) < 4.78 is 30.0. The van der Waals surface area contributed by atoms with Gasteiger partial charge in [0.25, 0.3) is 0 Å². The number of halogens is 1. The third kappa shape index (κ3) is 6.99. The molecule has 0 bridgehead atoms. The normalized spacial score (nSPS) is 17.7. The minimum absolute atomic E-state index is 0.208. The molecule has 2 aromatic rings. The van der Waals surface area contributed by atoms with Gasteiger partial charge < -0.3 is 24.0 Å². The molecule has 0 radical (unpaired) electrons. The van der Waals surface area contributed by atoms with Crippen LogP contribution in [0.25, 0.3) is 0 Å². The maximum Gasteiger partial charge on any atom is 0.409 e. The number of aromatic nitrogens is 1. The summed E-state index contributed by atoms with van der Waals surface area (Å²) in [6.45, 7) is 8.08. The number of piperazine rings is 1. The Hall–Kier alpha value is -3.91. The van der Waals surface area contributed by atoms with Gasteiger partial charge in [-0.15, -0.1) is 0 Å². The fourth-order valence-electron chi connectivity index (χ4n) is 5.18. The number of carbonyl (C=O) groups excluding carboxylic acids is 2. The zero-order valence-corrected chi connectivity index (χ0v) is 23.3. The minimum atomic E-state index is -0.526. The molecule has 0 saturated carbocycles. The number of benzene rings is 1. The van der Waals surface area contributed by atoms with Crippen molar-refractivity contribution in [2.45, 2.75) is 33.2 Å². The Bertz CT molecular complexity index is 1260. The molecule has 3 heterocycles. The van der Waals surface area contributed by atoms with Crippen LogP contribution in [0.5, 0.6) is 5.75 Å². The summed E-state index contributed by atoms with van der Waals surface area (Å²) in [7, 11) is 1.45. The maximum atomic E-state index is 14.1. The number of ether oxygens (including phenoxy) is 3. The van der Waals surface area contributed by atoms with Crippen molar-refractivity contribution in [1.29, 1.82) is 5.26 Å². The van der Waals surface area contributed by atoms with E-state index in [4.69, 9.17) is 14.2 Å². The molecule has 1 unspecified atom stereocenters. The van der Waals surface area contributed by atoms with E-state index in [-0.39, 0.29) is 35.7 Å². The first-order valence-corrected chi connectivity index (χ1v) is 13.6. The number of hydrogen-bond acceptors (Lipinski definition) is 9. The second-order valence-corrected chi connectivity index (χ2v) is 10.1. The fourth-order valence-corrected chi connectivity index (χ4v) is 5.18. The zero-order chi connectivity index (χ0) is 28.6. The van der Waals surface area contributed by atoms with E-state index in [2.05, 4.69) is 16.0 Å². The average molecular weight is 554 g/mol. The first-order valence-electron chi connectivity index (χ1n) is 13.6. The molecular weight excluding hydrogens is 517 g/mol. The van der Waals surface area contributed by atoms with Crippen molar-refractivity contribution >= 4 is 17.9 Å². The van der Waals surface area contributed by atoms with Gasteiger partial charge in [0.05, 0.1) is 31.6 Å². The summed E-state index contributed by atoms with van der Waals surface area (Å²) in [5.41, 5.74) is 1.99. The van der Waals surface area contributed by atoms with Crippen molar-refractivity contribution in [3.05, 3.63) is 52.5 Å². The number of hydrogen-bond donors (Lipinski definition) is 0. The summed E-state index contributed by atoms with van der Waals surface area (Å²) in [6.07, 6.45) is 1.59. The molecule has 0 spiro atoms. The highest BCUT2D eigenvalue weighted by Gasteiger charge is 2.28. The number of likely N-dealkylation sites (tertiary alicyclic amines) is 1. The van der Waals surface area contributed by atoms with Gasteiger partial charge in [0.15, 0.2) is 11.6 Å². The minimum Gasteiger partial charge on any atom is -0.494 e. The van der Waals surface area contributed by atoms with Crippen LogP contribution < -0.4 is 9.64 Å². The summed E-state index contributed by atoms with van der Waals surface area (Å²) in [5, 5.41) is 9.37. The third-order valence-corrected chi connectivity index (χ3v) is 7.31. The third-order valence-electron chi connectivity index (χ3n) is 7.31. The maximum absolute atomic E-state index is 14.1. The molecule has 11 heteroatoms. The molecule has 1 amide bonds. The number of piperidine rings is 1. The predicted octanol–water partition coefficient (Wildman–Crippen LogP) is 3.76. The van der Waals surface area contributed by atoms with E-state index in [1.54, 1.807) is 24.8 Å². The number of anilines is 1. The summed E-state index contributed by atoms with van der Waals surface area (Å²) >= 11 is 0. The molecule has 1 aromatic heterocycles. The van der Waals surface area contributed by atoms with Gasteiger partial charge in [0.1, 0.15) is 17.5 Å². The first-order chi connectivity index (χ1) is 19.3. The Balaban J connectivity index is 1.28. The highest BCUT2D eigenvalue weighted by molar-refractivity contribution is 5.95. The summed E-state index contributed by atoms with van der Waals surface area (Å²) in [5.74, 6) is 0.00424. The van der Waals surface area contributed by atoms with Crippen molar-refractivity contribution in [3.8, 4) is 11.8 Å². The van der Waals surface area contributed by atoms with E-state index < -0.39 is 5.97 Å². The number of methoxy groups -OCH3 is 1. The molecule has 10 nitrogen and oxygen atoms in total. The molecule has 40 heavy (non-hydrogen) atoms. The molecule has 0 aliphatic carbocycles. The lowest BCUT2D eigenvalue weighted by Crippen LogP contribution is -2.50. The van der Waals surface area contributed by atoms with Crippen LogP contribution in [-0.4, -0.2) is 86.4 Å². The zero-order valence-electron chi connectivity index (χ0n) is 23.3. The molecule has 1 aromatic carbocycles. The van der Waals surface area contributed by atoms with E-state index in [1.165, 1.54) is 19.2 Å². The molecule has 2 aliphatic rings. The quantitative estimate of drug-likeness (QED) is 0.452. The lowest BCUT2D eigenvalue weighted by molar-refractivity contribution is 0.0524. The van der Waals surface area contributed by atoms with Crippen LogP contribution >= 0.6 is 0 Å². The second kappa shape index (κ2) is 13.4. The summed E-state index contributed by atoms with van der Waals surface area (Å²) in [6, 6.07) is 8.61. The van der Waals surface area contributed by atoms with Crippen molar-refractivity contribution in [2.24, 2.45) is 5.92 Å². The van der Waals surface area contributed by atoms with E-state index in [1.807, 2.05) is 11.0 Å². The van der Waals surface area contributed by atoms with E-state index in [9.17, 15) is 19.2 Å². The monoisotopic (exact) mass is 553 g/mol. The number of esters is 1. The predicted molar refractivity (Wildman–Crippen MR) is 146 cm³/mol. The number of aryl methyl sites for hydroxylation is 1. The van der Waals surface area contributed by atoms with Crippen LogP contribution in [0.4, 0.5) is 15.0 Å². The van der Waals surface area contributed by atoms with Crippen LogP contribution in [0.3, 0.4) is 0 Å². The average Bonchev–Trinajstić information content (AvgIpc) is 2.96. The van der Waals surface area contributed by atoms with Gasteiger partial charge in [-0.2, -0.15) is 5.26 Å². The van der Waals surface area contributed by atoms with Crippen LogP contribution in [-0.2, 0) is 16.0 Å². The lowest BCUT2D eigenvalue weighted by Gasteiger charge is -2.36. The molecule has 2 aliphatic heterocycles. The number of nitriles is 1. The fraction of sp³-hybridized carbons (Fsp3) is 0.517. The molecule has 2 fully saturated rings.